The van der Waals surface area contributed by atoms with Gasteiger partial charge in [-0.05, 0) is 46.1 Å². The summed E-state index contributed by atoms with van der Waals surface area (Å²) in [5.74, 6) is -1.56. The Hall–Kier alpha value is -2.83. The van der Waals surface area contributed by atoms with E-state index in [-0.39, 0.29) is 5.57 Å². The van der Waals surface area contributed by atoms with E-state index in [4.69, 9.17) is 4.74 Å². The highest BCUT2D eigenvalue weighted by molar-refractivity contribution is 6.27. The smallest absolute Gasteiger partial charge is 0.408 e. The molecule has 0 aromatic heterocycles. The highest BCUT2D eigenvalue weighted by Gasteiger charge is 2.39. The van der Waals surface area contributed by atoms with Crippen molar-refractivity contribution in [3.63, 3.8) is 0 Å². The van der Waals surface area contributed by atoms with E-state index in [0.717, 1.165) is 5.56 Å². The molecule has 0 aliphatic carbocycles. The zero-order valence-corrected chi connectivity index (χ0v) is 16.0. The SMILES string of the molecule is CC(NC(=O)OC(C)(C)C)/C(O)=C1\C(=O)NC(CCc2ccccc2)C1=O. The summed E-state index contributed by atoms with van der Waals surface area (Å²) in [6, 6.07) is 7.99. The second-order valence-electron chi connectivity index (χ2n) is 7.54. The van der Waals surface area contributed by atoms with Gasteiger partial charge in [-0.15, -0.1) is 0 Å². The van der Waals surface area contributed by atoms with Gasteiger partial charge < -0.3 is 20.5 Å². The molecule has 2 atom stereocenters. The Bertz CT molecular complexity index is 749. The van der Waals surface area contributed by atoms with Crippen LogP contribution in [0.25, 0.3) is 0 Å². The zero-order valence-electron chi connectivity index (χ0n) is 16.0. The molecule has 146 valence electrons. The third-order valence-corrected chi connectivity index (χ3v) is 4.06. The summed E-state index contributed by atoms with van der Waals surface area (Å²) in [5, 5.41) is 15.4. The molecular formula is C20H26N2O5. The largest absolute Gasteiger partial charge is 0.509 e. The van der Waals surface area contributed by atoms with Crippen molar-refractivity contribution in [2.24, 2.45) is 0 Å². The normalized spacial score (nSPS) is 20.1. The van der Waals surface area contributed by atoms with Gasteiger partial charge in [-0.3, -0.25) is 9.59 Å². The number of nitrogens with one attached hydrogen (secondary N) is 2. The number of carbonyl (C=O) groups is 3. The first-order valence-corrected chi connectivity index (χ1v) is 8.90. The minimum atomic E-state index is -0.933. The number of rotatable bonds is 5. The Morgan fingerprint density at radius 3 is 2.48 bits per heavy atom. The molecule has 3 N–H and O–H groups in total. The molecule has 0 bridgehead atoms. The van der Waals surface area contributed by atoms with E-state index < -0.39 is 41.2 Å². The van der Waals surface area contributed by atoms with Crippen LogP contribution in [-0.2, 0) is 20.7 Å². The number of aliphatic hydroxyl groups excluding tert-OH is 1. The molecule has 27 heavy (non-hydrogen) atoms. The molecule has 2 unspecified atom stereocenters. The van der Waals surface area contributed by atoms with E-state index >= 15 is 0 Å². The highest BCUT2D eigenvalue weighted by Crippen LogP contribution is 2.20. The summed E-state index contributed by atoms with van der Waals surface area (Å²) >= 11 is 0. The van der Waals surface area contributed by atoms with Crippen LogP contribution >= 0.6 is 0 Å². The second kappa shape index (κ2) is 8.24. The summed E-state index contributed by atoms with van der Waals surface area (Å²) in [6.45, 7) is 6.60. The molecular weight excluding hydrogens is 348 g/mol. The van der Waals surface area contributed by atoms with Crippen molar-refractivity contribution in [2.75, 3.05) is 0 Å². The molecule has 7 nitrogen and oxygen atoms in total. The van der Waals surface area contributed by atoms with Crippen molar-refractivity contribution in [3.05, 3.63) is 47.2 Å². The Morgan fingerprint density at radius 1 is 1.26 bits per heavy atom. The number of hydrogen-bond donors (Lipinski definition) is 3. The molecule has 1 fully saturated rings. The average molecular weight is 374 g/mol. The van der Waals surface area contributed by atoms with Crippen LogP contribution in [0.2, 0.25) is 0 Å². The van der Waals surface area contributed by atoms with Crippen molar-refractivity contribution >= 4 is 17.8 Å². The summed E-state index contributed by atoms with van der Waals surface area (Å²) in [7, 11) is 0. The van der Waals surface area contributed by atoms with Gasteiger partial charge in [-0.25, -0.2) is 4.79 Å². The lowest BCUT2D eigenvalue weighted by molar-refractivity contribution is -0.117. The quantitative estimate of drug-likeness (QED) is 0.417. The van der Waals surface area contributed by atoms with Crippen molar-refractivity contribution in [1.82, 2.24) is 10.6 Å². The van der Waals surface area contributed by atoms with Crippen molar-refractivity contribution in [1.29, 1.82) is 0 Å². The van der Waals surface area contributed by atoms with Crippen LogP contribution in [0.5, 0.6) is 0 Å². The van der Waals surface area contributed by atoms with Gasteiger partial charge >= 0.3 is 6.09 Å². The van der Waals surface area contributed by atoms with Crippen LogP contribution in [-0.4, -0.2) is 40.6 Å². The summed E-state index contributed by atoms with van der Waals surface area (Å²) in [5.41, 5.74) is 0.0492. The van der Waals surface area contributed by atoms with Crippen LogP contribution < -0.4 is 10.6 Å². The lowest BCUT2D eigenvalue weighted by atomic mass is 10.00. The molecule has 1 aromatic carbocycles. The lowest BCUT2D eigenvalue weighted by Gasteiger charge is -2.22. The number of ketones is 1. The molecule has 2 rings (SSSR count). The number of aliphatic hydroxyl groups is 1. The molecule has 1 aliphatic rings. The third kappa shape index (κ3) is 5.57. The van der Waals surface area contributed by atoms with E-state index in [2.05, 4.69) is 10.6 Å². The fourth-order valence-corrected chi connectivity index (χ4v) is 2.75. The Morgan fingerprint density at radius 2 is 1.89 bits per heavy atom. The first-order chi connectivity index (χ1) is 12.6. The number of Topliss-reactive ketones (excluding diaryl/α,β-unsaturated/α-hetero) is 1. The average Bonchev–Trinajstić information content (AvgIpc) is 2.85. The number of benzene rings is 1. The molecule has 1 heterocycles. The molecule has 1 aromatic rings. The molecule has 7 heteroatoms. The second-order valence-corrected chi connectivity index (χ2v) is 7.54. The van der Waals surface area contributed by atoms with E-state index in [0.29, 0.717) is 12.8 Å². The topological polar surface area (TPSA) is 105 Å². The maximum Gasteiger partial charge on any atom is 0.408 e. The van der Waals surface area contributed by atoms with Gasteiger partial charge in [0.25, 0.3) is 5.91 Å². The Kier molecular flexibility index (Phi) is 6.25. The zero-order chi connectivity index (χ0) is 20.2. The predicted octanol–water partition coefficient (Wildman–Crippen LogP) is 2.41. The number of carbonyl (C=O) groups excluding carboxylic acids is 3. The molecule has 0 radical (unpaired) electrons. The summed E-state index contributed by atoms with van der Waals surface area (Å²) < 4.78 is 5.11. The number of aryl methyl sites for hydroxylation is 1. The summed E-state index contributed by atoms with van der Waals surface area (Å²) in [4.78, 5) is 36.5. The van der Waals surface area contributed by atoms with Crippen molar-refractivity contribution < 1.29 is 24.2 Å². The minimum Gasteiger partial charge on any atom is -0.509 e. The fraction of sp³-hybridized carbons (Fsp3) is 0.450. The number of hydrogen-bond acceptors (Lipinski definition) is 5. The molecule has 0 spiro atoms. The maximum absolute atomic E-state index is 12.6. The van der Waals surface area contributed by atoms with E-state index in [1.54, 1.807) is 20.8 Å². The van der Waals surface area contributed by atoms with Gasteiger partial charge in [0.05, 0.1) is 12.1 Å². The fourth-order valence-electron chi connectivity index (χ4n) is 2.75. The Labute approximate surface area is 158 Å². The van der Waals surface area contributed by atoms with E-state index in [1.165, 1.54) is 6.92 Å². The molecule has 1 saturated heterocycles. The van der Waals surface area contributed by atoms with Crippen LogP contribution in [0.1, 0.15) is 39.7 Å². The monoisotopic (exact) mass is 374 g/mol. The van der Waals surface area contributed by atoms with Crippen LogP contribution in [0.4, 0.5) is 4.79 Å². The van der Waals surface area contributed by atoms with Gasteiger partial charge in [-0.2, -0.15) is 0 Å². The highest BCUT2D eigenvalue weighted by atomic mass is 16.6. The molecule has 1 aliphatic heterocycles. The first kappa shape index (κ1) is 20.5. The minimum absolute atomic E-state index is 0.309. The molecule has 2 amide bonds. The van der Waals surface area contributed by atoms with Crippen LogP contribution in [0, 0.1) is 0 Å². The number of alkyl carbamates (subject to hydrolysis) is 1. The predicted molar refractivity (Wildman–Crippen MR) is 100 cm³/mol. The molecule has 0 saturated carbocycles. The van der Waals surface area contributed by atoms with Gasteiger partial charge in [0.1, 0.15) is 16.9 Å². The van der Waals surface area contributed by atoms with Crippen molar-refractivity contribution in [3.8, 4) is 0 Å². The van der Waals surface area contributed by atoms with Crippen molar-refractivity contribution in [2.45, 2.75) is 58.2 Å². The Balaban J connectivity index is 2.04. The van der Waals surface area contributed by atoms with Gasteiger partial charge in [0.2, 0.25) is 0 Å². The lowest BCUT2D eigenvalue weighted by Crippen LogP contribution is -2.39. The number of amides is 2. The van der Waals surface area contributed by atoms with Crippen LogP contribution in [0.3, 0.4) is 0 Å². The number of ether oxygens (including phenoxy) is 1. The van der Waals surface area contributed by atoms with E-state index in [9.17, 15) is 19.5 Å². The van der Waals surface area contributed by atoms with Crippen LogP contribution in [0.15, 0.2) is 41.7 Å². The van der Waals surface area contributed by atoms with E-state index in [1.807, 2.05) is 30.3 Å². The van der Waals surface area contributed by atoms with Gasteiger partial charge in [0, 0.05) is 0 Å². The first-order valence-electron chi connectivity index (χ1n) is 8.90. The third-order valence-electron chi connectivity index (χ3n) is 4.06. The van der Waals surface area contributed by atoms with Gasteiger partial charge in [-0.1, -0.05) is 30.3 Å². The van der Waals surface area contributed by atoms with Gasteiger partial charge in [0.15, 0.2) is 5.78 Å². The standard InChI is InChI=1S/C20H26N2O5/c1-12(21-19(26)27-20(2,3)4)16(23)15-17(24)14(22-18(15)25)11-10-13-8-6-5-7-9-13/h5-9,12,14,23H,10-11H2,1-4H3,(H,21,26)(H,22,25)/b16-15+. The maximum atomic E-state index is 12.6. The summed E-state index contributed by atoms with van der Waals surface area (Å²) in [6.07, 6.45) is 0.310.